The van der Waals surface area contributed by atoms with E-state index in [2.05, 4.69) is 19.2 Å². The molecule has 0 aliphatic heterocycles. The van der Waals surface area contributed by atoms with E-state index in [0.29, 0.717) is 32.0 Å². The van der Waals surface area contributed by atoms with E-state index in [1.54, 1.807) is 7.11 Å². The Bertz CT molecular complexity index is 786. The third-order valence-corrected chi connectivity index (χ3v) is 4.81. The molecule has 0 spiro atoms. The van der Waals surface area contributed by atoms with E-state index in [1.165, 1.54) is 0 Å². The third kappa shape index (κ3) is 7.29. The number of hydrogen-bond acceptors (Lipinski definition) is 4. The van der Waals surface area contributed by atoms with Crippen molar-refractivity contribution in [3.05, 3.63) is 53.6 Å². The van der Waals surface area contributed by atoms with E-state index in [4.69, 9.17) is 14.2 Å². The van der Waals surface area contributed by atoms with Crippen LogP contribution < -0.4 is 19.5 Å². The smallest absolute Gasteiger partial charge is 0.220 e. The molecule has 1 amide bonds. The van der Waals surface area contributed by atoms with Crippen molar-refractivity contribution in [2.45, 2.75) is 53.0 Å². The number of ether oxygens (including phenoxy) is 3. The van der Waals surface area contributed by atoms with Gasteiger partial charge in [0, 0.05) is 6.42 Å². The highest BCUT2D eigenvalue weighted by Gasteiger charge is 2.17. The maximum Gasteiger partial charge on any atom is 0.220 e. The minimum atomic E-state index is -0.0114. The number of carbonyl (C=O) groups is 1. The molecule has 164 valence electrons. The zero-order valence-electron chi connectivity index (χ0n) is 18.9. The predicted molar refractivity (Wildman–Crippen MR) is 120 cm³/mol. The van der Waals surface area contributed by atoms with E-state index in [1.807, 2.05) is 56.3 Å². The lowest BCUT2D eigenvalue weighted by atomic mass is 9.96. The molecule has 5 heteroatoms. The Kier molecular flexibility index (Phi) is 9.52. The second-order valence-corrected chi connectivity index (χ2v) is 7.67. The van der Waals surface area contributed by atoms with Crippen LogP contribution >= 0.6 is 0 Å². The number of rotatable bonds is 12. The Morgan fingerprint density at radius 2 is 1.63 bits per heavy atom. The van der Waals surface area contributed by atoms with Crippen LogP contribution in [0.25, 0.3) is 0 Å². The minimum Gasteiger partial charge on any atom is -0.497 e. The summed E-state index contributed by atoms with van der Waals surface area (Å²) in [4.78, 5) is 12.7. The fraction of sp³-hybridized carbons (Fsp3) is 0.480. The first-order valence-corrected chi connectivity index (χ1v) is 10.8. The fourth-order valence-corrected chi connectivity index (χ4v) is 3.36. The first-order valence-electron chi connectivity index (χ1n) is 10.8. The lowest BCUT2D eigenvalue weighted by Crippen LogP contribution is -2.29. The van der Waals surface area contributed by atoms with E-state index >= 15 is 0 Å². The van der Waals surface area contributed by atoms with Crippen molar-refractivity contribution in [2.24, 2.45) is 5.92 Å². The number of benzene rings is 2. The Morgan fingerprint density at radius 1 is 0.967 bits per heavy atom. The Morgan fingerprint density at radius 3 is 2.23 bits per heavy atom. The topological polar surface area (TPSA) is 56.8 Å². The van der Waals surface area contributed by atoms with Gasteiger partial charge in [-0.1, -0.05) is 32.0 Å². The van der Waals surface area contributed by atoms with E-state index in [9.17, 15) is 4.79 Å². The van der Waals surface area contributed by atoms with Crippen molar-refractivity contribution in [3.63, 3.8) is 0 Å². The lowest BCUT2D eigenvalue weighted by molar-refractivity contribution is -0.121. The van der Waals surface area contributed by atoms with Crippen LogP contribution in [0.1, 0.15) is 57.7 Å². The van der Waals surface area contributed by atoms with Crippen LogP contribution in [0.5, 0.6) is 17.2 Å². The van der Waals surface area contributed by atoms with Crippen LogP contribution in [0, 0.1) is 5.92 Å². The molecule has 0 radical (unpaired) electrons. The number of methoxy groups -OCH3 is 1. The molecule has 0 saturated carbocycles. The average Bonchev–Trinajstić information content (AvgIpc) is 2.73. The van der Waals surface area contributed by atoms with Gasteiger partial charge in [0.1, 0.15) is 5.75 Å². The van der Waals surface area contributed by atoms with Gasteiger partial charge in [-0.15, -0.1) is 0 Å². The number of amides is 1. The second-order valence-electron chi connectivity index (χ2n) is 7.67. The van der Waals surface area contributed by atoms with Gasteiger partial charge >= 0.3 is 0 Å². The molecule has 0 aromatic heterocycles. The van der Waals surface area contributed by atoms with Crippen molar-refractivity contribution in [1.29, 1.82) is 0 Å². The van der Waals surface area contributed by atoms with Gasteiger partial charge in [-0.05, 0) is 68.0 Å². The number of aryl methyl sites for hydroxylation is 1. The normalized spacial score (nSPS) is 11.8. The molecule has 0 fully saturated rings. The first kappa shape index (κ1) is 23.6. The summed E-state index contributed by atoms with van der Waals surface area (Å²) in [6, 6.07) is 13.8. The van der Waals surface area contributed by atoms with E-state index in [0.717, 1.165) is 34.8 Å². The monoisotopic (exact) mass is 413 g/mol. The standard InChI is InChI=1S/C25H35NO4/c1-6-29-23-14-8-19(17-24(23)30-7-2)9-15-25(27)26-22(16-18(3)4)20-10-12-21(28-5)13-11-20/h8,10-14,17-18,22H,6-7,9,15-16H2,1-5H3,(H,26,27)/t22-/m1/s1. The zero-order valence-corrected chi connectivity index (χ0v) is 18.9. The molecule has 2 aromatic rings. The van der Waals surface area contributed by atoms with Crippen LogP contribution in [0.4, 0.5) is 0 Å². The molecule has 1 atom stereocenters. The summed E-state index contributed by atoms with van der Waals surface area (Å²) in [5.41, 5.74) is 2.15. The van der Waals surface area contributed by atoms with E-state index in [-0.39, 0.29) is 11.9 Å². The van der Waals surface area contributed by atoms with Crippen LogP contribution in [-0.2, 0) is 11.2 Å². The van der Waals surface area contributed by atoms with Crippen molar-refractivity contribution in [1.82, 2.24) is 5.32 Å². The van der Waals surface area contributed by atoms with Gasteiger partial charge in [0.25, 0.3) is 0 Å². The molecule has 0 heterocycles. The van der Waals surface area contributed by atoms with Crippen molar-refractivity contribution in [2.75, 3.05) is 20.3 Å². The van der Waals surface area contributed by atoms with Crippen molar-refractivity contribution >= 4 is 5.91 Å². The molecule has 0 saturated heterocycles. The van der Waals surface area contributed by atoms with Gasteiger partial charge in [-0.2, -0.15) is 0 Å². The Balaban J connectivity index is 2.01. The summed E-state index contributed by atoms with van der Waals surface area (Å²) in [6.45, 7) is 9.39. The summed E-state index contributed by atoms with van der Waals surface area (Å²) < 4.78 is 16.5. The number of nitrogens with one attached hydrogen (secondary N) is 1. The maximum absolute atomic E-state index is 12.7. The summed E-state index contributed by atoms with van der Waals surface area (Å²) >= 11 is 0. The highest BCUT2D eigenvalue weighted by Crippen LogP contribution is 2.29. The van der Waals surface area contributed by atoms with Gasteiger partial charge < -0.3 is 19.5 Å². The van der Waals surface area contributed by atoms with Crippen molar-refractivity contribution in [3.8, 4) is 17.2 Å². The molecular formula is C25H35NO4. The molecule has 0 aliphatic carbocycles. The Labute approximate surface area is 180 Å². The second kappa shape index (κ2) is 12.1. The summed E-state index contributed by atoms with van der Waals surface area (Å²) in [5.74, 6) is 2.80. The Hall–Kier alpha value is -2.69. The number of hydrogen-bond donors (Lipinski definition) is 1. The molecule has 30 heavy (non-hydrogen) atoms. The van der Waals surface area contributed by atoms with Gasteiger partial charge in [0.15, 0.2) is 11.5 Å². The van der Waals surface area contributed by atoms with Gasteiger partial charge in [-0.3, -0.25) is 4.79 Å². The van der Waals surface area contributed by atoms with Crippen LogP contribution in [-0.4, -0.2) is 26.2 Å². The number of carbonyl (C=O) groups excluding carboxylic acids is 1. The SMILES string of the molecule is CCOc1ccc(CCC(=O)N[C@H](CC(C)C)c2ccc(OC)cc2)cc1OCC. The third-order valence-electron chi connectivity index (χ3n) is 4.81. The zero-order chi connectivity index (χ0) is 21.9. The first-order chi connectivity index (χ1) is 14.5. The van der Waals surface area contributed by atoms with Gasteiger partial charge in [-0.25, -0.2) is 0 Å². The average molecular weight is 414 g/mol. The maximum atomic E-state index is 12.7. The predicted octanol–water partition coefficient (Wildman–Crippen LogP) is 5.33. The molecule has 0 aliphatic rings. The minimum absolute atomic E-state index is 0.0114. The van der Waals surface area contributed by atoms with Crippen LogP contribution in [0.2, 0.25) is 0 Å². The van der Waals surface area contributed by atoms with Gasteiger partial charge in [0.2, 0.25) is 5.91 Å². The highest BCUT2D eigenvalue weighted by molar-refractivity contribution is 5.76. The molecule has 5 nitrogen and oxygen atoms in total. The van der Waals surface area contributed by atoms with Gasteiger partial charge in [0.05, 0.1) is 26.4 Å². The molecular weight excluding hydrogens is 378 g/mol. The molecule has 2 rings (SSSR count). The summed E-state index contributed by atoms with van der Waals surface area (Å²) in [6.07, 6.45) is 1.95. The highest BCUT2D eigenvalue weighted by atomic mass is 16.5. The fourth-order valence-electron chi connectivity index (χ4n) is 3.36. The molecule has 1 N–H and O–H groups in total. The lowest BCUT2D eigenvalue weighted by Gasteiger charge is -2.21. The largest absolute Gasteiger partial charge is 0.497 e. The quantitative estimate of drug-likeness (QED) is 0.511. The van der Waals surface area contributed by atoms with E-state index < -0.39 is 0 Å². The summed E-state index contributed by atoms with van der Waals surface area (Å²) in [7, 11) is 1.65. The molecule has 2 aromatic carbocycles. The molecule has 0 unspecified atom stereocenters. The molecule has 0 bridgehead atoms. The summed E-state index contributed by atoms with van der Waals surface area (Å²) in [5, 5.41) is 3.21. The van der Waals surface area contributed by atoms with Crippen molar-refractivity contribution < 1.29 is 19.0 Å². The van der Waals surface area contributed by atoms with Crippen LogP contribution in [0.15, 0.2) is 42.5 Å². The van der Waals surface area contributed by atoms with Crippen LogP contribution in [0.3, 0.4) is 0 Å².